The molecule has 0 amide bonds. The minimum Gasteiger partial charge on any atom is -0.234 e. The van der Waals surface area contributed by atoms with E-state index in [0.717, 1.165) is 6.07 Å². The molecule has 0 fully saturated rings. The van der Waals surface area contributed by atoms with Gasteiger partial charge in [-0.1, -0.05) is 0 Å². The Balaban J connectivity index is 3.61. The van der Waals surface area contributed by atoms with Crippen LogP contribution in [0.5, 0.6) is 0 Å². The molecule has 0 saturated carbocycles. The molecule has 0 atom stereocenters. The number of alkyl halides is 2. The monoisotopic (exact) mass is 266 g/mol. The largest absolute Gasteiger partial charge is 0.280 e. The lowest BCUT2D eigenvalue weighted by atomic mass is 10.1. The van der Waals surface area contributed by atoms with Gasteiger partial charge in [0.1, 0.15) is 5.69 Å². The van der Waals surface area contributed by atoms with Crippen molar-refractivity contribution in [2.24, 2.45) is 0 Å². The van der Waals surface area contributed by atoms with Gasteiger partial charge in [0.15, 0.2) is 5.03 Å². The maximum Gasteiger partial charge on any atom is 0.280 e. The third kappa shape index (κ3) is 2.46. The Morgan fingerprint density at radius 1 is 1.56 bits per heavy atom. The zero-order valence-corrected chi connectivity index (χ0v) is 9.48. The van der Waals surface area contributed by atoms with Crippen LogP contribution in [-0.4, -0.2) is 13.4 Å². The summed E-state index contributed by atoms with van der Waals surface area (Å²) in [5.41, 5.74) is -0.996. The Kier molecular flexibility index (Phi) is 3.45. The Morgan fingerprint density at radius 3 is 2.50 bits per heavy atom. The highest BCUT2D eigenvalue weighted by Crippen LogP contribution is 2.26. The van der Waals surface area contributed by atoms with Crippen LogP contribution < -0.4 is 0 Å². The van der Waals surface area contributed by atoms with Crippen molar-refractivity contribution in [2.75, 3.05) is 0 Å². The molecule has 0 saturated heterocycles. The summed E-state index contributed by atoms with van der Waals surface area (Å²) < 4.78 is 46.9. The molecule has 0 unspecified atom stereocenters. The fourth-order valence-electron chi connectivity index (χ4n) is 1.06. The van der Waals surface area contributed by atoms with Crippen molar-refractivity contribution in [1.29, 1.82) is 5.26 Å². The molecule has 4 nitrogen and oxygen atoms in total. The quantitative estimate of drug-likeness (QED) is 0.769. The van der Waals surface area contributed by atoms with E-state index in [4.69, 9.17) is 15.9 Å². The van der Waals surface area contributed by atoms with E-state index in [2.05, 4.69) is 4.98 Å². The molecule has 0 aliphatic carbocycles. The molecule has 16 heavy (non-hydrogen) atoms. The van der Waals surface area contributed by atoms with Crippen molar-refractivity contribution < 1.29 is 17.2 Å². The van der Waals surface area contributed by atoms with E-state index in [1.807, 2.05) is 0 Å². The van der Waals surface area contributed by atoms with Crippen LogP contribution in [0.1, 0.15) is 23.2 Å². The molecular formula is C8H5ClF2N2O2S. The predicted molar refractivity (Wildman–Crippen MR) is 51.7 cm³/mol. The van der Waals surface area contributed by atoms with Crippen molar-refractivity contribution in [3.05, 3.63) is 22.9 Å². The van der Waals surface area contributed by atoms with Gasteiger partial charge >= 0.3 is 0 Å². The molecule has 0 aliphatic rings. The minimum atomic E-state index is -4.23. The highest BCUT2D eigenvalue weighted by atomic mass is 35.7. The summed E-state index contributed by atoms with van der Waals surface area (Å²) >= 11 is 0. The van der Waals surface area contributed by atoms with Crippen LogP contribution in [0.25, 0.3) is 0 Å². The first-order valence-corrected chi connectivity index (χ1v) is 6.22. The van der Waals surface area contributed by atoms with Crippen molar-refractivity contribution in [1.82, 2.24) is 4.98 Å². The van der Waals surface area contributed by atoms with Gasteiger partial charge in [0, 0.05) is 10.7 Å². The van der Waals surface area contributed by atoms with E-state index in [9.17, 15) is 17.2 Å². The minimum absolute atomic E-state index is 0.0541. The Hall–Kier alpha value is -1.26. The topological polar surface area (TPSA) is 70.8 Å². The van der Waals surface area contributed by atoms with Gasteiger partial charge in [-0.2, -0.15) is 5.26 Å². The van der Waals surface area contributed by atoms with Crippen LogP contribution in [0.2, 0.25) is 0 Å². The van der Waals surface area contributed by atoms with Gasteiger partial charge in [0.05, 0.1) is 11.6 Å². The number of nitrogens with zero attached hydrogens (tertiary/aromatic N) is 2. The molecule has 86 valence electrons. The normalized spacial score (nSPS) is 11.5. The molecule has 1 aromatic heterocycles. The van der Waals surface area contributed by atoms with E-state index in [0.29, 0.717) is 0 Å². The van der Waals surface area contributed by atoms with Crippen molar-refractivity contribution >= 4 is 19.7 Å². The first-order chi connectivity index (χ1) is 7.27. The van der Waals surface area contributed by atoms with Crippen LogP contribution in [0, 0.1) is 18.3 Å². The predicted octanol–water partition coefficient (Wildman–Crippen LogP) is 2.13. The lowest BCUT2D eigenvalue weighted by Crippen LogP contribution is -2.04. The lowest BCUT2D eigenvalue weighted by molar-refractivity contribution is 0.144. The van der Waals surface area contributed by atoms with Crippen molar-refractivity contribution in [2.45, 2.75) is 18.4 Å². The smallest absolute Gasteiger partial charge is 0.234 e. The number of nitriles is 1. The molecule has 1 heterocycles. The Bertz CT molecular complexity index is 566. The van der Waals surface area contributed by atoms with Gasteiger partial charge < -0.3 is 0 Å². The van der Waals surface area contributed by atoms with Crippen LogP contribution in [0.3, 0.4) is 0 Å². The Labute approximate surface area is 94.9 Å². The van der Waals surface area contributed by atoms with E-state index in [-0.39, 0.29) is 11.1 Å². The lowest BCUT2D eigenvalue weighted by Gasteiger charge is -2.07. The van der Waals surface area contributed by atoms with Gasteiger partial charge in [-0.05, 0) is 18.6 Å². The average molecular weight is 267 g/mol. The molecule has 0 bridgehead atoms. The number of pyridine rings is 1. The van der Waals surface area contributed by atoms with E-state index in [1.54, 1.807) is 6.07 Å². The fourth-order valence-corrected chi connectivity index (χ4v) is 1.76. The summed E-state index contributed by atoms with van der Waals surface area (Å²) in [4.78, 5) is 3.23. The van der Waals surface area contributed by atoms with E-state index < -0.39 is 26.2 Å². The van der Waals surface area contributed by atoms with Gasteiger partial charge in [0.2, 0.25) is 0 Å². The number of aromatic nitrogens is 1. The highest BCUT2D eigenvalue weighted by Gasteiger charge is 2.21. The highest BCUT2D eigenvalue weighted by molar-refractivity contribution is 8.13. The summed E-state index contributed by atoms with van der Waals surface area (Å²) in [6.45, 7) is 1.26. The zero-order chi connectivity index (χ0) is 12.5. The van der Waals surface area contributed by atoms with Crippen molar-refractivity contribution in [3.63, 3.8) is 0 Å². The first-order valence-electron chi connectivity index (χ1n) is 3.92. The third-order valence-corrected chi connectivity index (χ3v) is 3.05. The van der Waals surface area contributed by atoms with Crippen LogP contribution in [0.15, 0.2) is 11.1 Å². The maximum absolute atomic E-state index is 12.5. The van der Waals surface area contributed by atoms with Crippen LogP contribution >= 0.6 is 10.7 Å². The third-order valence-electron chi connectivity index (χ3n) is 1.86. The number of rotatable bonds is 2. The second-order valence-corrected chi connectivity index (χ2v) is 5.38. The van der Waals surface area contributed by atoms with Crippen LogP contribution in [0.4, 0.5) is 8.78 Å². The average Bonchev–Trinajstić information content (AvgIpc) is 2.15. The molecular weight excluding hydrogens is 262 g/mol. The van der Waals surface area contributed by atoms with Gasteiger partial charge in [-0.25, -0.2) is 22.2 Å². The summed E-state index contributed by atoms with van der Waals surface area (Å²) in [5.74, 6) is 0. The summed E-state index contributed by atoms with van der Waals surface area (Å²) in [7, 11) is 0.740. The first kappa shape index (κ1) is 12.8. The molecule has 1 rings (SSSR count). The Morgan fingerprint density at radius 2 is 2.12 bits per heavy atom. The summed E-state index contributed by atoms with van der Waals surface area (Å²) in [6.07, 6.45) is -2.97. The molecule has 0 N–H and O–H groups in total. The number of hydrogen-bond acceptors (Lipinski definition) is 4. The van der Waals surface area contributed by atoms with Crippen molar-refractivity contribution in [3.8, 4) is 6.07 Å². The number of hydrogen-bond donors (Lipinski definition) is 0. The van der Waals surface area contributed by atoms with Gasteiger partial charge in [-0.15, -0.1) is 0 Å². The SMILES string of the molecule is Cc1c(C#N)cc(S(=O)(=O)Cl)nc1C(F)F. The van der Waals surface area contributed by atoms with Crippen LogP contribution in [-0.2, 0) is 9.05 Å². The molecule has 1 aromatic rings. The van der Waals surface area contributed by atoms with Gasteiger partial charge in [0.25, 0.3) is 15.5 Å². The molecule has 0 radical (unpaired) electrons. The fraction of sp³-hybridized carbons (Fsp3) is 0.250. The molecule has 0 aliphatic heterocycles. The van der Waals surface area contributed by atoms with Gasteiger partial charge in [-0.3, -0.25) is 0 Å². The second kappa shape index (κ2) is 4.31. The standard InChI is InChI=1S/C8H5ClF2N2O2S/c1-4-5(3-12)2-6(16(9,14)15)13-7(4)8(10)11/h2,8H,1H3. The molecule has 8 heteroatoms. The second-order valence-electron chi connectivity index (χ2n) is 2.87. The molecule has 0 spiro atoms. The number of halogens is 3. The summed E-state index contributed by atoms with van der Waals surface area (Å²) in [5, 5.41) is 7.91. The zero-order valence-electron chi connectivity index (χ0n) is 7.91. The summed E-state index contributed by atoms with van der Waals surface area (Å²) in [6, 6.07) is 2.47. The molecule has 0 aromatic carbocycles. The van der Waals surface area contributed by atoms with E-state index in [1.165, 1.54) is 6.92 Å². The van der Waals surface area contributed by atoms with E-state index >= 15 is 0 Å². The maximum atomic E-state index is 12.5.